The first-order valence-corrected chi connectivity index (χ1v) is 7.74. The summed E-state index contributed by atoms with van der Waals surface area (Å²) in [6.07, 6.45) is 5.51. The quantitative estimate of drug-likeness (QED) is 0.780. The van der Waals surface area contributed by atoms with Gasteiger partial charge in [0.25, 0.3) is 0 Å². The third-order valence-electron chi connectivity index (χ3n) is 4.57. The van der Waals surface area contributed by atoms with E-state index >= 15 is 0 Å². The fourth-order valence-electron chi connectivity index (χ4n) is 2.88. The third kappa shape index (κ3) is 5.27. The molecule has 1 fully saturated rings. The van der Waals surface area contributed by atoms with E-state index in [1.807, 2.05) is 0 Å². The third-order valence-corrected chi connectivity index (χ3v) is 4.57. The highest BCUT2D eigenvalue weighted by atomic mass is 15.2. The van der Waals surface area contributed by atoms with E-state index in [-0.39, 0.29) is 0 Å². The van der Waals surface area contributed by atoms with E-state index in [1.165, 1.54) is 25.7 Å². The molecule has 1 saturated carbocycles. The second-order valence-electron chi connectivity index (χ2n) is 7.46. The number of hydrogen-bond donors (Lipinski definition) is 1. The van der Waals surface area contributed by atoms with Crippen LogP contribution in [0.4, 0.5) is 0 Å². The van der Waals surface area contributed by atoms with E-state index < -0.39 is 0 Å². The number of rotatable bonds is 6. The standard InChI is InChI=1S/C16H34N2/c1-13(2)11-17-12-14(3)18(6)15-7-9-16(4,5)10-8-15/h13-15,17H,7-12H2,1-6H3. The second kappa shape index (κ2) is 6.91. The average molecular weight is 254 g/mol. The smallest absolute Gasteiger partial charge is 0.0192 e. The van der Waals surface area contributed by atoms with E-state index in [0.29, 0.717) is 11.5 Å². The molecule has 0 spiro atoms. The van der Waals surface area contributed by atoms with Gasteiger partial charge in [0.15, 0.2) is 0 Å². The maximum absolute atomic E-state index is 3.58. The molecule has 2 heteroatoms. The Morgan fingerprint density at radius 2 is 1.67 bits per heavy atom. The summed E-state index contributed by atoms with van der Waals surface area (Å²) < 4.78 is 0. The lowest BCUT2D eigenvalue weighted by molar-refractivity contribution is 0.0994. The summed E-state index contributed by atoms with van der Waals surface area (Å²) >= 11 is 0. The Hall–Kier alpha value is -0.0800. The molecule has 108 valence electrons. The molecule has 0 bridgehead atoms. The second-order valence-corrected chi connectivity index (χ2v) is 7.46. The van der Waals surface area contributed by atoms with Crippen molar-refractivity contribution in [3.63, 3.8) is 0 Å². The normalized spacial score (nSPS) is 22.7. The van der Waals surface area contributed by atoms with Gasteiger partial charge in [-0.25, -0.2) is 0 Å². The van der Waals surface area contributed by atoms with E-state index in [0.717, 1.165) is 25.0 Å². The topological polar surface area (TPSA) is 15.3 Å². The van der Waals surface area contributed by atoms with Crippen molar-refractivity contribution < 1.29 is 0 Å². The van der Waals surface area contributed by atoms with Gasteiger partial charge in [-0.3, -0.25) is 4.90 Å². The van der Waals surface area contributed by atoms with Gasteiger partial charge in [-0.2, -0.15) is 0 Å². The Morgan fingerprint density at radius 1 is 1.11 bits per heavy atom. The van der Waals surface area contributed by atoms with E-state index in [1.54, 1.807) is 0 Å². The number of likely N-dealkylation sites (N-methyl/N-ethyl adjacent to an activating group) is 1. The van der Waals surface area contributed by atoms with Crippen molar-refractivity contribution >= 4 is 0 Å². The van der Waals surface area contributed by atoms with Crippen LogP contribution in [0, 0.1) is 11.3 Å². The van der Waals surface area contributed by atoms with E-state index in [4.69, 9.17) is 0 Å². The summed E-state index contributed by atoms with van der Waals surface area (Å²) in [5.41, 5.74) is 0.580. The first-order chi connectivity index (χ1) is 8.32. The van der Waals surface area contributed by atoms with Gasteiger partial charge in [-0.05, 0) is 57.5 Å². The summed E-state index contributed by atoms with van der Waals surface area (Å²) in [6, 6.07) is 1.45. The van der Waals surface area contributed by atoms with Crippen molar-refractivity contribution in [2.45, 2.75) is 72.4 Å². The lowest BCUT2D eigenvalue weighted by Crippen LogP contribution is -2.46. The Kier molecular flexibility index (Phi) is 6.13. The number of nitrogens with one attached hydrogen (secondary N) is 1. The molecule has 1 aliphatic rings. The van der Waals surface area contributed by atoms with Gasteiger partial charge in [0.1, 0.15) is 0 Å². The van der Waals surface area contributed by atoms with Crippen LogP contribution in [0.2, 0.25) is 0 Å². The minimum absolute atomic E-state index is 0.580. The van der Waals surface area contributed by atoms with Crippen molar-refractivity contribution in [3.05, 3.63) is 0 Å². The molecule has 0 amide bonds. The summed E-state index contributed by atoms with van der Waals surface area (Å²) in [6.45, 7) is 14.0. The van der Waals surface area contributed by atoms with Gasteiger partial charge in [0.05, 0.1) is 0 Å². The summed E-state index contributed by atoms with van der Waals surface area (Å²) in [5, 5.41) is 3.58. The zero-order chi connectivity index (χ0) is 13.8. The Bertz CT molecular complexity index is 225. The highest BCUT2D eigenvalue weighted by Crippen LogP contribution is 2.36. The zero-order valence-electron chi connectivity index (χ0n) is 13.4. The molecule has 1 aliphatic carbocycles. The molecule has 18 heavy (non-hydrogen) atoms. The molecular formula is C16H34N2. The summed E-state index contributed by atoms with van der Waals surface area (Å²) in [5.74, 6) is 0.748. The fourth-order valence-corrected chi connectivity index (χ4v) is 2.88. The van der Waals surface area contributed by atoms with Gasteiger partial charge in [0, 0.05) is 18.6 Å². The largest absolute Gasteiger partial charge is 0.315 e. The van der Waals surface area contributed by atoms with Gasteiger partial charge < -0.3 is 5.32 Å². The van der Waals surface area contributed by atoms with Crippen molar-refractivity contribution in [1.29, 1.82) is 0 Å². The first kappa shape index (κ1) is 16.0. The lowest BCUT2D eigenvalue weighted by atomic mass is 9.75. The zero-order valence-corrected chi connectivity index (χ0v) is 13.4. The molecule has 0 saturated heterocycles. The van der Waals surface area contributed by atoms with Crippen molar-refractivity contribution in [2.24, 2.45) is 11.3 Å². The molecular weight excluding hydrogens is 220 g/mol. The van der Waals surface area contributed by atoms with Gasteiger partial charge in [-0.1, -0.05) is 27.7 Å². The van der Waals surface area contributed by atoms with E-state index in [9.17, 15) is 0 Å². The number of hydrogen-bond acceptors (Lipinski definition) is 2. The van der Waals surface area contributed by atoms with Crippen LogP contribution in [0.1, 0.15) is 60.3 Å². The van der Waals surface area contributed by atoms with Crippen LogP contribution < -0.4 is 5.32 Å². The van der Waals surface area contributed by atoms with Crippen LogP contribution in [-0.2, 0) is 0 Å². The van der Waals surface area contributed by atoms with Crippen molar-refractivity contribution in [2.75, 3.05) is 20.1 Å². The Balaban J connectivity index is 2.29. The van der Waals surface area contributed by atoms with Crippen LogP contribution in [0.3, 0.4) is 0 Å². The SMILES string of the molecule is CC(C)CNCC(C)N(C)C1CCC(C)(C)CC1. The van der Waals surface area contributed by atoms with Crippen LogP contribution in [0.5, 0.6) is 0 Å². The highest BCUT2D eigenvalue weighted by molar-refractivity contribution is 4.84. The van der Waals surface area contributed by atoms with Crippen LogP contribution in [-0.4, -0.2) is 37.1 Å². The molecule has 1 atom stereocenters. The molecule has 0 aliphatic heterocycles. The van der Waals surface area contributed by atoms with E-state index in [2.05, 4.69) is 51.9 Å². The Morgan fingerprint density at radius 3 is 2.17 bits per heavy atom. The van der Waals surface area contributed by atoms with Crippen LogP contribution >= 0.6 is 0 Å². The van der Waals surface area contributed by atoms with Crippen LogP contribution in [0.25, 0.3) is 0 Å². The molecule has 0 aromatic heterocycles. The fraction of sp³-hybridized carbons (Fsp3) is 1.00. The van der Waals surface area contributed by atoms with Gasteiger partial charge in [0.2, 0.25) is 0 Å². The molecule has 0 aromatic carbocycles. The molecule has 1 rings (SSSR count). The minimum Gasteiger partial charge on any atom is -0.315 e. The van der Waals surface area contributed by atoms with Gasteiger partial charge >= 0.3 is 0 Å². The molecule has 1 N–H and O–H groups in total. The molecule has 2 nitrogen and oxygen atoms in total. The average Bonchev–Trinajstić information content (AvgIpc) is 2.27. The lowest BCUT2D eigenvalue weighted by Gasteiger charge is -2.41. The molecule has 0 radical (unpaired) electrons. The molecule has 0 heterocycles. The number of nitrogens with zero attached hydrogens (tertiary/aromatic N) is 1. The van der Waals surface area contributed by atoms with Crippen molar-refractivity contribution in [3.8, 4) is 0 Å². The molecule has 1 unspecified atom stereocenters. The molecule has 0 aromatic rings. The summed E-state index contributed by atoms with van der Waals surface area (Å²) in [7, 11) is 2.31. The maximum atomic E-state index is 3.58. The predicted octanol–water partition coefficient (Wildman–Crippen LogP) is 3.52. The predicted molar refractivity (Wildman–Crippen MR) is 81.0 cm³/mol. The highest BCUT2D eigenvalue weighted by Gasteiger charge is 2.30. The monoisotopic (exact) mass is 254 g/mol. The Labute approximate surface area is 115 Å². The summed E-state index contributed by atoms with van der Waals surface area (Å²) in [4.78, 5) is 2.60. The van der Waals surface area contributed by atoms with Crippen LogP contribution in [0.15, 0.2) is 0 Å². The minimum atomic E-state index is 0.580. The maximum Gasteiger partial charge on any atom is 0.0192 e. The van der Waals surface area contributed by atoms with Crippen molar-refractivity contribution in [1.82, 2.24) is 10.2 Å². The first-order valence-electron chi connectivity index (χ1n) is 7.74. The van der Waals surface area contributed by atoms with Gasteiger partial charge in [-0.15, -0.1) is 0 Å².